The summed E-state index contributed by atoms with van der Waals surface area (Å²) in [6, 6.07) is 6.33. The molecular weight excluding hydrogens is 272 g/mol. The number of anilines is 1. The SMILES string of the molecule is CCNCc1ccc(N2CCC(C(C)O)CC2)cc1Cl. The van der Waals surface area contributed by atoms with Gasteiger partial charge < -0.3 is 15.3 Å². The number of hydrogen-bond donors (Lipinski definition) is 2. The second-order valence-electron chi connectivity index (χ2n) is 5.62. The normalized spacial score (nSPS) is 18.3. The number of aliphatic hydroxyl groups is 1. The molecule has 1 heterocycles. The fourth-order valence-corrected chi connectivity index (χ4v) is 3.02. The minimum absolute atomic E-state index is 0.191. The van der Waals surface area contributed by atoms with Gasteiger partial charge in [0.2, 0.25) is 0 Å². The Morgan fingerprint density at radius 3 is 2.65 bits per heavy atom. The number of nitrogens with zero attached hydrogens (tertiary/aromatic N) is 1. The van der Waals surface area contributed by atoms with Crippen LogP contribution in [-0.4, -0.2) is 30.8 Å². The molecule has 4 heteroatoms. The van der Waals surface area contributed by atoms with E-state index in [2.05, 4.69) is 35.3 Å². The number of halogens is 1. The average Bonchev–Trinajstić information content (AvgIpc) is 2.46. The maximum atomic E-state index is 9.65. The number of nitrogens with one attached hydrogen (secondary N) is 1. The lowest BCUT2D eigenvalue weighted by molar-refractivity contribution is 0.110. The molecule has 0 amide bonds. The topological polar surface area (TPSA) is 35.5 Å². The fraction of sp³-hybridized carbons (Fsp3) is 0.625. The summed E-state index contributed by atoms with van der Waals surface area (Å²) >= 11 is 6.36. The van der Waals surface area contributed by atoms with Crippen LogP contribution >= 0.6 is 11.6 Å². The first-order valence-electron chi connectivity index (χ1n) is 7.54. The van der Waals surface area contributed by atoms with E-state index in [9.17, 15) is 5.11 Å². The first-order valence-corrected chi connectivity index (χ1v) is 7.91. The van der Waals surface area contributed by atoms with Gasteiger partial charge >= 0.3 is 0 Å². The Labute approximate surface area is 126 Å². The minimum atomic E-state index is -0.191. The monoisotopic (exact) mass is 296 g/mol. The first kappa shape index (κ1) is 15.6. The molecule has 0 aliphatic carbocycles. The van der Waals surface area contributed by atoms with Gasteiger partial charge in [0.1, 0.15) is 0 Å². The standard InChI is InChI=1S/C16H25ClN2O/c1-3-18-11-14-4-5-15(10-16(14)17)19-8-6-13(7-9-19)12(2)20/h4-5,10,12-13,18,20H,3,6-9,11H2,1-2H3. The third kappa shape index (κ3) is 3.87. The van der Waals surface area contributed by atoms with Gasteiger partial charge in [0.15, 0.2) is 0 Å². The van der Waals surface area contributed by atoms with Crippen molar-refractivity contribution in [2.24, 2.45) is 5.92 Å². The number of rotatable bonds is 5. The molecule has 1 aliphatic rings. The molecule has 0 bridgehead atoms. The Morgan fingerprint density at radius 1 is 1.40 bits per heavy atom. The lowest BCUT2D eigenvalue weighted by Gasteiger charge is -2.35. The molecule has 1 aliphatic heterocycles. The highest BCUT2D eigenvalue weighted by atomic mass is 35.5. The maximum absolute atomic E-state index is 9.65. The summed E-state index contributed by atoms with van der Waals surface area (Å²) in [6.07, 6.45) is 1.91. The van der Waals surface area contributed by atoms with Crippen LogP contribution in [0.2, 0.25) is 5.02 Å². The predicted molar refractivity (Wildman–Crippen MR) is 85.5 cm³/mol. The summed E-state index contributed by atoms with van der Waals surface area (Å²) < 4.78 is 0. The van der Waals surface area contributed by atoms with E-state index in [1.165, 1.54) is 5.69 Å². The van der Waals surface area contributed by atoms with Crippen LogP contribution in [0, 0.1) is 5.92 Å². The first-order chi connectivity index (χ1) is 9.61. The van der Waals surface area contributed by atoms with Crippen LogP contribution in [0.15, 0.2) is 18.2 Å². The molecule has 1 saturated heterocycles. The average molecular weight is 297 g/mol. The molecule has 0 saturated carbocycles. The van der Waals surface area contributed by atoms with E-state index in [-0.39, 0.29) is 6.10 Å². The van der Waals surface area contributed by atoms with Crippen LogP contribution in [0.25, 0.3) is 0 Å². The lowest BCUT2D eigenvalue weighted by Crippen LogP contribution is -2.37. The summed E-state index contributed by atoms with van der Waals surface area (Å²) in [5, 5.41) is 13.8. The largest absolute Gasteiger partial charge is 0.393 e. The van der Waals surface area contributed by atoms with Crippen LogP contribution in [0.4, 0.5) is 5.69 Å². The zero-order chi connectivity index (χ0) is 14.5. The van der Waals surface area contributed by atoms with Crippen molar-refractivity contribution in [3.63, 3.8) is 0 Å². The van der Waals surface area contributed by atoms with Gasteiger partial charge in [-0.1, -0.05) is 24.6 Å². The molecule has 112 valence electrons. The summed E-state index contributed by atoms with van der Waals surface area (Å²) in [5.41, 5.74) is 2.34. The lowest BCUT2D eigenvalue weighted by atomic mass is 9.92. The Kier molecular flexibility index (Phi) is 5.70. The number of piperidine rings is 1. The van der Waals surface area contributed by atoms with E-state index >= 15 is 0 Å². The highest BCUT2D eigenvalue weighted by Gasteiger charge is 2.22. The molecular formula is C16H25ClN2O. The zero-order valence-electron chi connectivity index (χ0n) is 12.4. The third-order valence-corrected chi connectivity index (χ3v) is 4.54. The van der Waals surface area contributed by atoms with Crippen molar-refractivity contribution in [2.75, 3.05) is 24.5 Å². The van der Waals surface area contributed by atoms with Crippen molar-refractivity contribution < 1.29 is 5.11 Å². The van der Waals surface area contributed by atoms with E-state index in [1.807, 2.05) is 6.92 Å². The molecule has 3 nitrogen and oxygen atoms in total. The van der Waals surface area contributed by atoms with Crippen LogP contribution < -0.4 is 10.2 Å². The van der Waals surface area contributed by atoms with Gasteiger partial charge in [-0.2, -0.15) is 0 Å². The van der Waals surface area contributed by atoms with Crippen molar-refractivity contribution in [1.82, 2.24) is 5.32 Å². The molecule has 0 radical (unpaired) electrons. The van der Waals surface area contributed by atoms with Gasteiger partial charge in [-0.25, -0.2) is 0 Å². The quantitative estimate of drug-likeness (QED) is 0.877. The van der Waals surface area contributed by atoms with Crippen molar-refractivity contribution in [3.05, 3.63) is 28.8 Å². The van der Waals surface area contributed by atoms with E-state index < -0.39 is 0 Å². The molecule has 20 heavy (non-hydrogen) atoms. The van der Waals surface area contributed by atoms with Gasteiger partial charge in [0, 0.05) is 30.3 Å². The zero-order valence-corrected chi connectivity index (χ0v) is 13.2. The smallest absolute Gasteiger partial charge is 0.0541 e. The van der Waals surface area contributed by atoms with Crippen LogP contribution in [0.5, 0.6) is 0 Å². The molecule has 1 aromatic carbocycles. The second kappa shape index (κ2) is 7.30. The van der Waals surface area contributed by atoms with Crippen molar-refractivity contribution in [2.45, 2.75) is 39.3 Å². The van der Waals surface area contributed by atoms with Crippen LogP contribution in [0.1, 0.15) is 32.3 Å². The number of hydrogen-bond acceptors (Lipinski definition) is 3. The fourth-order valence-electron chi connectivity index (χ4n) is 2.78. The van der Waals surface area contributed by atoms with Gasteiger partial charge in [0.05, 0.1) is 6.10 Å². The summed E-state index contributed by atoms with van der Waals surface area (Å²) in [5.74, 6) is 0.440. The number of aliphatic hydroxyl groups excluding tert-OH is 1. The van der Waals surface area contributed by atoms with E-state index in [1.54, 1.807) is 0 Å². The maximum Gasteiger partial charge on any atom is 0.0541 e. The molecule has 1 unspecified atom stereocenters. The third-order valence-electron chi connectivity index (χ3n) is 4.19. The van der Waals surface area contributed by atoms with Gasteiger partial charge in [0.25, 0.3) is 0 Å². The minimum Gasteiger partial charge on any atom is -0.393 e. The predicted octanol–water partition coefficient (Wildman–Crippen LogP) is 3.05. The Hall–Kier alpha value is -0.770. The Bertz CT molecular complexity index is 428. The summed E-state index contributed by atoms with van der Waals surface area (Å²) in [7, 11) is 0. The molecule has 1 aromatic rings. The molecule has 2 N–H and O–H groups in total. The van der Waals surface area contributed by atoms with Crippen molar-refractivity contribution in [1.29, 1.82) is 0 Å². The van der Waals surface area contributed by atoms with Gasteiger partial charge in [-0.3, -0.25) is 0 Å². The van der Waals surface area contributed by atoms with Crippen LogP contribution in [0.3, 0.4) is 0 Å². The highest BCUT2D eigenvalue weighted by Crippen LogP contribution is 2.28. The molecule has 1 atom stereocenters. The van der Waals surface area contributed by atoms with Crippen molar-refractivity contribution >= 4 is 17.3 Å². The highest BCUT2D eigenvalue weighted by molar-refractivity contribution is 6.31. The Balaban J connectivity index is 1.98. The van der Waals surface area contributed by atoms with Crippen LogP contribution in [-0.2, 0) is 6.54 Å². The Morgan fingerprint density at radius 2 is 2.10 bits per heavy atom. The van der Waals surface area contributed by atoms with Crippen molar-refractivity contribution in [3.8, 4) is 0 Å². The van der Waals surface area contributed by atoms with E-state index in [0.717, 1.165) is 49.6 Å². The second-order valence-corrected chi connectivity index (χ2v) is 6.03. The van der Waals surface area contributed by atoms with Gasteiger partial charge in [-0.15, -0.1) is 0 Å². The van der Waals surface area contributed by atoms with Gasteiger partial charge in [-0.05, 0) is 49.9 Å². The number of benzene rings is 1. The summed E-state index contributed by atoms with van der Waals surface area (Å²) in [6.45, 7) is 7.75. The molecule has 0 spiro atoms. The molecule has 2 rings (SSSR count). The van der Waals surface area contributed by atoms with E-state index in [4.69, 9.17) is 11.6 Å². The summed E-state index contributed by atoms with van der Waals surface area (Å²) in [4.78, 5) is 2.36. The molecule has 1 fully saturated rings. The van der Waals surface area contributed by atoms with E-state index in [0.29, 0.717) is 5.92 Å². The molecule has 0 aromatic heterocycles.